The monoisotopic (exact) mass is 296 g/mol. The normalized spacial score (nSPS) is 17.5. The molecule has 5 heteroatoms. The first-order valence-corrected chi connectivity index (χ1v) is 7.52. The van der Waals surface area contributed by atoms with Gasteiger partial charge < -0.3 is 16.0 Å². The lowest BCUT2D eigenvalue weighted by atomic mass is 10.1. The van der Waals surface area contributed by atoms with Crippen LogP contribution >= 0.6 is 0 Å². The standard InChI is InChI=1S/C17H20N4O/c18-17(22)16-10-14(6-8-19-16)20-11-13-7-9-21(12-13)15-4-2-1-3-5-15/h1-6,8,10,13H,7,9,11-12H2,(H2,18,22)(H,19,20). The first-order valence-electron chi connectivity index (χ1n) is 7.52. The van der Waals surface area contributed by atoms with E-state index in [0.717, 1.165) is 31.7 Å². The van der Waals surface area contributed by atoms with E-state index in [2.05, 4.69) is 39.5 Å². The highest BCUT2D eigenvalue weighted by molar-refractivity contribution is 5.91. The second-order valence-corrected chi connectivity index (χ2v) is 5.61. The molecular formula is C17H20N4O. The number of nitrogens with one attached hydrogen (secondary N) is 1. The number of hydrogen-bond donors (Lipinski definition) is 2. The van der Waals surface area contributed by atoms with E-state index in [-0.39, 0.29) is 0 Å². The van der Waals surface area contributed by atoms with Gasteiger partial charge in [-0.05, 0) is 36.6 Å². The summed E-state index contributed by atoms with van der Waals surface area (Å²) in [4.78, 5) is 17.5. The van der Waals surface area contributed by atoms with Gasteiger partial charge in [-0.3, -0.25) is 9.78 Å². The predicted octanol–water partition coefficient (Wildman–Crippen LogP) is 2.12. The van der Waals surface area contributed by atoms with E-state index in [4.69, 9.17) is 5.73 Å². The van der Waals surface area contributed by atoms with Crippen molar-refractivity contribution in [2.45, 2.75) is 6.42 Å². The highest BCUT2D eigenvalue weighted by atomic mass is 16.1. The van der Waals surface area contributed by atoms with Gasteiger partial charge in [-0.15, -0.1) is 0 Å². The molecule has 1 aromatic heterocycles. The van der Waals surface area contributed by atoms with Crippen molar-refractivity contribution < 1.29 is 4.79 Å². The maximum atomic E-state index is 11.1. The molecule has 1 aliphatic rings. The molecule has 2 heterocycles. The van der Waals surface area contributed by atoms with Crippen LogP contribution in [0.3, 0.4) is 0 Å². The number of para-hydroxylation sites is 1. The van der Waals surface area contributed by atoms with Crippen LogP contribution in [0.5, 0.6) is 0 Å². The van der Waals surface area contributed by atoms with Crippen molar-refractivity contribution in [1.82, 2.24) is 4.98 Å². The van der Waals surface area contributed by atoms with Crippen molar-refractivity contribution in [3.63, 3.8) is 0 Å². The van der Waals surface area contributed by atoms with Crippen LogP contribution in [0.4, 0.5) is 11.4 Å². The maximum absolute atomic E-state index is 11.1. The summed E-state index contributed by atoms with van der Waals surface area (Å²) >= 11 is 0. The lowest BCUT2D eigenvalue weighted by Crippen LogP contribution is -2.22. The molecular weight excluding hydrogens is 276 g/mol. The maximum Gasteiger partial charge on any atom is 0.267 e. The Labute approximate surface area is 130 Å². The molecule has 3 rings (SSSR count). The summed E-state index contributed by atoms with van der Waals surface area (Å²) in [5, 5.41) is 3.38. The first kappa shape index (κ1) is 14.4. The van der Waals surface area contributed by atoms with Gasteiger partial charge in [0.1, 0.15) is 5.69 Å². The number of carbonyl (C=O) groups is 1. The Morgan fingerprint density at radius 3 is 2.91 bits per heavy atom. The molecule has 5 nitrogen and oxygen atoms in total. The van der Waals surface area contributed by atoms with Gasteiger partial charge in [-0.2, -0.15) is 0 Å². The largest absolute Gasteiger partial charge is 0.385 e. The molecule has 2 aromatic rings. The molecule has 1 atom stereocenters. The number of aromatic nitrogens is 1. The van der Waals surface area contributed by atoms with Crippen LogP contribution in [0.15, 0.2) is 48.7 Å². The van der Waals surface area contributed by atoms with Crippen molar-refractivity contribution in [2.24, 2.45) is 11.7 Å². The van der Waals surface area contributed by atoms with Crippen LogP contribution < -0.4 is 16.0 Å². The quantitative estimate of drug-likeness (QED) is 0.886. The molecule has 1 aliphatic heterocycles. The molecule has 22 heavy (non-hydrogen) atoms. The van der Waals surface area contributed by atoms with Crippen LogP contribution in [-0.4, -0.2) is 30.5 Å². The molecule has 3 N–H and O–H groups in total. The number of carbonyl (C=O) groups excluding carboxylic acids is 1. The van der Waals surface area contributed by atoms with Gasteiger partial charge in [0.25, 0.3) is 5.91 Å². The number of nitrogens with zero attached hydrogens (tertiary/aromatic N) is 2. The van der Waals surface area contributed by atoms with E-state index in [1.165, 1.54) is 5.69 Å². The fourth-order valence-electron chi connectivity index (χ4n) is 2.81. The minimum atomic E-state index is -0.500. The van der Waals surface area contributed by atoms with Gasteiger partial charge in [-0.1, -0.05) is 18.2 Å². The van der Waals surface area contributed by atoms with E-state index in [1.54, 1.807) is 12.3 Å². The molecule has 0 radical (unpaired) electrons. The van der Waals surface area contributed by atoms with Gasteiger partial charge in [0, 0.05) is 37.2 Å². The molecule has 0 spiro atoms. The average molecular weight is 296 g/mol. The van der Waals surface area contributed by atoms with Gasteiger partial charge in [0.2, 0.25) is 0 Å². The van der Waals surface area contributed by atoms with Crippen LogP contribution in [0.2, 0.25) is 0 Å². The van der Waals surface area contributed by atoms with Gasteiger partial charge in [-0.25, -0.2) is 0 Å². The molecule has 0 aliphatic carbocycles. The fraction of sp³-hybridized carbons (Fsp3) is 0.294. The Morgan fingerprint density at radius 1 is 1.32 bits per heavy atom. The number of pyridine rings is 1. The summed E-state index contributed by atoms with van der Waals surface area (Å²) in [7, 11) is 0. The lowest BCUT2D eigenvalue weighted by Gasteiger charge is -2.19. The Kier molecular flexibility index (Phi) is 4.23. The van der Waals surface area contributed by atoms with E-state index in [1.807, 2.05) is 12.1 Å². The van der Waals surface area contributed by atoms with E-state index < -0.39 is 5.91 Å². The number of anilines is 2. The van der Waals surface area contributed by atoms with Gasteiger partial charge in [0.15, 0.2) is 0 Å². The number of rotatable bonds is 5. The molecule has 1 unspecified atom stereocenters. The Hall–Kier alpha value is -2.56. The molecule has 114 valence electrons. The third-order valence-electron chi connectivity index (χ3n) is 4.01. The fourth-order valence-corrected chi connectivity index (χ4v) is 2.81. The van der Waals surface area contributed by atoms with E-state index in [9.17, 15) is 4.79 Å². The molecule has 1 aromatic carbocycles. The first-order chi connectivity index (χ1) is 10.7. The van der Waals surface area contributed by atoms with Crippen molar-refractivity contribution in [3.05, 3.63) is 54.4 Å². The summed E-state index contributed by atoms with van der Waals surface area (Å²) < 4.78 is 0. The Morgan fingerprint density at radius 2 is 2.14 bits per heavy atom. The molecule has 0 saturated carbocycles. The number of benzene rings is 1. The zero-order chi connectivity index (χ0) is 15.4. The summed E-state index contributed by atoms with van der Waals surface area (Å²) in [6, 6.07) is 14.0. The topological polar surface area (TPSA) is 71.2 Å². The van der Waals surface area contributed by atoms with Crippen LogP contribution in [0, 0.1) is 5.92 Å². The molecule has 0 bridgehead atoms. The summed E-state index contributed by atoms with van der Waals surface area (Å²) in [6.07, 6.45) is 2.77. The zero-order valence-electron chi connectivity index (χ0n) is 12.4. The second kappa shape index (κ2) is 6.47. The Balaban J connectivity index is 1.55. The number of amides is 1. The number of primary amides is 1. The smallest absolute Gasteiger partial charge is 0.267 e. The van der Waals surface area contributed by atoms with Gasteiger partial charge in [0.05, 0.1) is 0 Å². The third kappa shape index (κ3) is 3.36. The van der Waals surface area contributed by atoms with Crippen molar-refractivity contribution in [1.29, 1.82) is 0 Å². The van der Waals surface area contributed by atoms with Crippen LogP contribution in [0.1, 0.15) is 16.9 Å². The van der Waals surface area contributed by atoms with Crippen LogP contribution in [0.25, 0.3) is 0 Å². The number of nitrogens with two attached hydrogens (primary N) is 1. The average Bonchev–Trinajstić information content (AvgIpc) is 3.03. The summed E-state index contributed by atoms with van der Waals surface area (Å²) in [5.41, 5.74) is 7.71. The zero-order valence-corrected chi connectivity index (χ0v) is 12.4. The SMILES string of the molecule is NC(=O)c1cc(NCC2CCN(c3ccccc3)C2)ccn1. The van der Waals surface area contributed by atoms with Crippen molar-refractivity contribution in [3.8, 4) is 0 Å². The van der Waals surface area contributed by atoms with Crippen molar-refractivity contribution in [2.75, 3.05) is 29.9 Å². The molecule has 1 amide bonds. The Bertz CT molecular complexity index is 644. The van der Waals surface area contributed by atoms with Gasteiger partial charge >= 0.3 is 0 Å². The minimum Gasteiger partial charge on any atom is -0.385 e. The highest BCUT2D eigenvalue weighted by Gasteiger charge is 2.22. The molecule has 1 saturated heterocycles. The third-order valence-corrected chi connectivity index (χ3v) is 4.01. The predicted molar refractivity (Wildman–Crippen MR) is 88.0 cm³/mol. The van der Waals surface area contributed by atoms with E-state index >= 15 is 0 Å². The second-order valence-electron chi connectivity index (χ2n) is 5.61. The molecule has 1 fully saturated rings. The van der Waals surface area contributed by atoms with Crippen molar-refractivity contribution >= 4 is 17.3 Å². The van der Waals surface area contributed by atoms with Crippen LogP contribution in [-0.2, 0) is 0 Å². The minimum absolute atomic E-state index is 0.294. The number of hydrogen-bond acceptors (Lipinski definition) is 4. The summed E-state index contributed by atoms with van der Waals surface area (Å²) in [5.74, 6) is 0.0881. The van der Waals surface area contributed by atoms with E-state index in [0.29, 0.717) is 11.6 Å². The highest BCUT2D eigenvalue weighted by Crippen LogP contribution is 2.23. The summed E-state index contributed by atoms with van der Waals surface area (Å²) in [6.45, 7) is 3.01. The lowest BCUT2D eigenvalue weighted by molar-refractivity contribution is 0.0995.